The molecule has 6 nitrogen and oxygen atoms in total. The van der Waals surface area contributed by atoms with Gasteiger partial charge in [-0.3, -0.25) is 9.59 Å². The van der Waals surface area contributed by atoms with Crippen molar-refractivity contribution < 1.29 is 9.53 Å². The van der Waals surface area contributed by atoms with Crippen LogP contribution in [0.25, 0.3) is 0 Å². The Morgan fingerprint density at radius 3 is 3.00 bits per heavy atom. The molecule has 17 heavy (non-hydrogen) atoms. The molecule has 6 heteroatoms. The van der Waals surface area contributed by atoms with Crippen LogP contribution in [0.3, 0.4) is 0 Å². The Bertz CT molecular complexity index is 416. The number of ether oxygens (including phenoxy) is 1. The first-order valence-electron chi connectivity index (χ1n) is 5.35. The van der Waals surface area contributed by atoms with Gasteiger partial charge in [0.2, 0.25) is 5.56 Å². The summed E-state index contributed by atoms with van der Waals surface area (Å²) in [7, 11) is 1.58. The van der Waals surface area contributed by atoms with Crippen molar-refractivity contribution in [1.29, 1.82) is 0 Å². The third-order valence-electron chi connectivity index (χ3n) is 2.19. The number of hydrogen-bond donors (Lipinski definition) is 3. The van der Waals surface area contributed by atoms with Crippen LogP contribution in [-0.2, 0) is 4.74 Å². The summed E-state index contributed by atoms with van der Waals surface area (Å²) in [4.78, 5) is 25.0. The van der Waals surface area contributed by atoms with Gasteiger partial charge in [-0.2, -0.15) is 0 Å². The number of H-pyrrole nitrogens is 1. The number of methoxy groups -OCH3 is 1. The van der Waals surface area contributed by atoms with Crippen LogP contribution in [0, 0.1) is 0 Å². The highest BCUT2D eigenvalue weighted by molar-refractivity contribution is 5.92. The molecular formula is C11H17N3O3. The van der Waals surface area contributed by atoms with Crippen molar-refractivity contribution in [1.82, 2.24) is 10.3 Å². The molecule has 1 unspecified atom stereocenters. The van der Waals surface area contributed by atoms with Crippen molar-refractivity contribution in [2.24, 2.45) is 5.73 Å². The van der Waals surface area contributed by atoms with Crippen molar-refractivity contribution in [3.63, 3.8) is 0 Å². The summed E-state index contributed by atoms with van der Waals surface area (Å²) in [6.45, 7) is 0.901. The van der Waals surface area contributed by atoms with Gasteiger partial charge in [-0.1, -0.05) is 6.07 Å². The third kappa shape index (κ3) is 4.80. The molecule has 0 aliphatic carbocycles. The first kappa shape index (κ1) is 13.4. The van der Waals surface area contributed by atoms with Crippen LogP contribution in [0.5, 0.6) is 0 Å². The molecule has 0 aromatic carbocycles. The van der Waals surface area contributed by atoms with Crippen LogP contribution >= 0.6 is 0 Å². The number of aromatic nitrogens is 1. The van der Waals surface area contributed by atoms with E-state index < -0.39 is 0 Å². The predicted octanol–water partition coefficient (Wildman–Crippen LogP) is -0.531. The molecule has 1 amide bonds. The Labute approximate surface area is 99.2 Å². The summed E-state index contributed by atoms with van der Waals surface area (Å²) in [5, 5.41) is 2.67. The van der Waals surface area contributed by atoms with Gasteiger partial charge in [-0.15, -0.1) is 0 Å². The van der Waals surface area contributed by atoms with E-state index in [1.54, 1.807) is 13.2 Å². The number of nitrogens with two attached hydrogens (primary N) is 1. The number of carbonyl (C=O) groups is 1. The van der Waals surface area contributed by atoms with Gasteiger partial charge in [-0.05, 0) is 12.5 Å². The number of rotatable bonds is 6. The molecule has 1 aromatic rings. The van der Waals surface area contributed by atoms with E-state index in [-0.39, 0.29) is 23.2 Å². The van der Waals surface area contributed by atoms with Crippen LogP contribution in [0.2, 0.25) is 0 Å². The zero-order valence-electron chi connectivity index (χ0n) is 9.73. The van der Waals surface area contributed by atoms with Gasteiger partial charge in [0.05, 0.1) is 6.61 Å². The van der Waals surface area contributed by atoms with Gasteiger partial charge in [0.1, 0.15) is 5.69 Å². The number of nitrogens with one attached hydrogen (secondary N) is 2. The molecule has 0 fully saturated rings. The minimum Gasteiger partial charge on any atom is -0.383 e. The molecule has 0 bridgehead atoms. The number of aromatic amines is 1. The first-order valence-corrected chi connectivity index (χ1v) is 5.35. The summed E-state index contributed by atoms with van der Waals surface area (Å²) in [5.41, 5.74) is 5.65. The Kier molecular flexibility index (Phi) is 5.38. The van der Waals surface area contributed by atoms with E-state index in [0.29, 0.717) is 19.6 Å². The Hall–Kier alpha value is -1.66. The number of pyridine rings is 1. The molecule has 1 heterocycles. The molecular weight excluding hydrogens is 222 g/mol. The third-order valence-corrected chi connectivity index (χ3v) is 2.19. The number of amides is 1. The molecule has 0 saturated heterocycles. The fourth-order valence-corrected chi connectivity index (χ4v) is 1.34. The maximum absolute atomic E-state index is 11.6. The van der Waals surface area contributed by atoms with E-state index in [0.717, 1.165) is 0 Å². The second-order valence-electron chi connectivity index (χ2n) is 3.69. The summed E-state index contributed by atoms with van der Waals surface area (Å²) < 4.78 is 4.88. The lowest BCUT2D eigenvalue weighted by atomic mass is 10.2. The molecule has 0 aliphatic rings. The molecule has 1 rings (SSSR count). The van der Waals surface area contributed by atoms with Crippen molar-refractivity contribution in [2.75, 3.05) is 20.3 Å². The lowest BCUT2D eigenvalue weighted by Gasteiger charge is -2.10. The molecule has 94 valence electrons. The van der Waals surface area contributed by atoms with E-state index in [1.807, 2.05) is 0 Å². The van der Waals surface area contributed by atoms with Gasteiger partial charge in [0, 0.05) is 25.8 Å². The van der Waals surface area contributed by atoms with Crippen molar-refractivity contribution in [3.05, 3.63) is 34.2 Å². The highest BCUT2D eigenvalue weighted by atomic mass is 16.5. The SMILES string of the molecule is COCC(N)CCNC(=O)c1cccc(=O)[nH]1. The van der Waals surface area contributed by atoms with Gasteiger partial charge in [0.25, 0.3) is 5.91 Å². The molecule has 0 aliphatic heterocycles. The second kappa shape index (κ2) is 6.82. The van der Waals surface area contributed by atoms with Crippen LogP contribution in [-0.4, -0.2) is 37.2 Å². The van der Waals surface area contributed by atoms with E-state index in [9.17, 15) is 9.59 Å². The zero-order chi connectivity index (χ0) is 12.7. The van der Waals surface area contributed by atoms with Crippen molar-refractivity contribution in [3.8, 4) is 0 Å². The molecule has 1 atom stereocenters. The van der Waals surface area contributed by atoms with Crippen molar-refractivity contribution >= 4 is 5.91 Å². The van der Waals surface area contributed by atoms with Gasteiger partial charge >= 0.3 is 0 Å². The van der Waals surface area contributed by atoms with E-state index in [2.05, 4.69) is 10.3 Å². The zero-order valence-corrected chi connectivity index (χ0v) is 9.73. The summed E-state index contributed by atoms with van der Waals surface area (Å²) in [5.74, 6) is -0.313. The Morgan fingerprint density at radius 1 is 1.59 bits per heavy atom. The van der Waals surface area contributed by atoms with Gasteiger partial charge in [0.15, 0.2) is 0 Å². The summed E-state index contributed by atoms with van der Waals surface area (Å²) in [6.07, 6.45) is 0.622. The maximum atomic E-state index is 11.6. The summed E-state index contributed by atoms with van der Waals surface area (Å²) >= 11 is 0. The van der Waals surface area contributed by atoms with Gasteiger partial charge in [-0.25, -0.2) is 0 Å². The van der Waals surface area contributed by atoms with E-state index in [1.165, 1.54) is 12.1 Å². The van der Waals surface area contributed by atoms with Crippen LogP contribution in [0.1, 0.15) is 16.9 Å². The van der Waals surface area contributed by atoms with E-state index >= 15 is 0 Å². The molecule has 1 aromatic heterocycles. The lowest BCUT2D eigenvalue weighted by Crippen LogP contribution is -2.33. The van der Waals surface area contributed by atoms with E-state index in [4.69, 9.17) is 10.5 Å². The van der Waals surface area contributed by atoms with Crippen LogP contribution in [0.4, 0.5) is 0 Å². The molecule has 0 spiro atoms. The van der Waals surface area contributed by atoms with Gasteiger partial charge < -0.3 is 20.8 Å². The summed E-state index contributed by atoms with van der Waals surface area (Å²) in [6, 6.07) is 4.33. The fourth-order valence-electron chi connectivity index (χ4n) is 1.34. The molecule has 4 N–H and O–H groups in total. The molecule has 0 radical (unpaired) electrons. The lowest BCUT2D eigenvalue weighted by molar-refractivity contribution is 0.0945. The average Bonchev–Trinajstić information content (AvgIpc) is 2.29. The highest BCUT2D eigenvalue weighted by Gasteiger charge is 2.06. The fraction of sp³-hybridized carbons (Fsp3) is 0.455. The highest BCUT2D eigenvalue weighted by Crippen LogP contribution is 1.91. The predicted molar refractivity (Wildman–Crippen MR) is 63.9 cm³/mol. The normalized spacial score (nSPS) is 12.1. The second-order valence-corrected chi connectivity index (χ2v) is 3.69. The average molecular weight is 239 g/mol. The Morgan fingerprint density at radius 2 is 2.35 bits per heavy atom. The minimum absolute atomic E-state index is 0.102. The largest absolute Gasteiger partial charge is 0.383 e. The van der Waals surface area contributed by atoms with Crippen LogP contribution < -0.4 is 16.6 Å². The number of carbonyl (C=O) groups excluding carboxylic acids is 1. The number of hydrogen-bond acceptors (Lipinski definition) is 4. The quantitative estimate of drug-likeness (QED) is 0.621. The standard InChI is InChI=1S/C11H17N3O3/c1-17-7-8(12)5-6-13-11(16)9-3-2-4-10(15)14-9/h2-4,8H,5-7,12H2,1H3,(H,13,16)(H,14,15). The Balaban J connectivity index is 2.38. The molecule has 0 saturated carbocycles. The smallest absolute Gasteiger partial charge is 0.267 e. The topological polar surface area (TPSA) is 97.2 Å². The first-order chi connectivity index (χ1) is 8.13. The monoisotopic (exact) mass is 239 g/mol. The minimum atomic E-state index is -0.313. The van der Waals surface area contributed by atoms with Crippen molar-refractivity contribution in [2.45, 2.75) is 12.5 Å². The maximum Gasteiger partial charge on any atom is 0.267 e. The van der Waals surface area contributed by atoms with Crippen LogP contribution in [0.15, 0.2) is 23.0 Å².